The number of anilines is 1. The van der Waals surface area contributed by atoms with E-state index in [0.717, 1.165) is 31.8 Å². The largest absolute Gasteiger partial charge is 0.389 e. The van der Waals surface area contributed by atoms with Gasteiger partial charge in [-0.05, 0) is 54.6 Å². The molecule has 9 nitrogen and oxygen atoms in total. The summed E-state index contributed by atoms with van der Waals surface area (Å²) in [6.07, 6.45) is 4.05. The number of aliphatic hydroxyl groups is 1. The average molecular weight is 569 g/mol. The molecule has 4 heterocycles. The molecule has 196 valence electrons. The minimum absolute atomic E-state index is 0.0626. The van der Waals surface area contributed by atoms with Gasteiger partial charge in [0.05, 0.1) is 28.7 Å². The number of nitrogen functional groups attached to an aromatic ring is 1. The molecule has 5 N–H and O–H groups in total. The molecule has 2 unspecified atom stereocenters. The maximum atomic E-state index is 12.6. The minimum atomic E-state index is -3.72. The number of fused-ring (bicyclic) bond motifs is 1. The van der Waals surface area contributed by atoms with Crippen molar-refractivity contribution in [3.8, 4) is 11.3 Å². The number of halogens is 1. The highest BCUT2D eigenvalue weighted by atomic mass is 35.5. The molecule has 0 spiro atoms. The van der Waals surface area contributed by atoms with Crippen LogP contribution in [0.15, 0.2) is 72.0 Å². The predicted octanol–water partition coefficient (Wildman–Crippen LogP) is 4.87. The zero-order valence-electron chi connectivity index (χ0n) is 20.3. The number of nitrogens with one attached hydrogen (secondary N) is 2. The Morgan fingerprint density at radius 1 is 1.21 bits per heavy atom. The standard InChI is InChI=1S/C26H25ClN6O3S2/c1-15(34)16-7-9-29-22(11-16)19-4-2-3-17-12-23(37-26(17)19)20(25-21(27)5-6-24(28)33-25)8-10-32-38(35,36)18-13-30-31-14-18/h2-7,9,11-15,20,32,34H,8,10H2,1H3,(H2,28,33)(H,30,31). The van der Waals surface area contributed by atoms with Gasteiger partial charge < -0.3 is 10.8 Å². The molecular weight excluding hydrogens is 544 g/mol. The van der Waals surface area contributed by atoms with Crippen LogP contribution in [-0.2, 0) is 10.0 Å². The van der Waals surface area contributed by atoms with Gasteiger partial charge in [0.25, 0.3) is 0 Å². The van der Waals surface area contributed by atoms with Crippen molar-refractivity contribution in [1.82, 2.24) is 24.9 Å². The lowest BCUT2D eigenvalue weighted by Gasteiger charge is -2.17. The lowest BCUT2D eigenvalue weighted by atomic mass is 9.97. The second-order valence-corrected chi connectivity index (χ2v) is 12.1. The third kappa shape index (κ3) is 5.42. The van der Waals surface area contributed by atoms with Gasteiger partial charge in [-0.15, -0.1) is 11.3 Å². The van der Waals surface area contributed by atoms with Crippen LogP contribution in [0.25, 0.3) is 21.3 Å². The smallest absolute Gasteiger partial charge is 0.243 e. The second-order valence-electron chi connectivity index (χ2n) is 8.80. The molecule has 5 rings (SSSR count). The highest BCUT2D eigenvalue weighted by Gasteiger charge is 2.24. The normalized spacial score (nSPS) is 13.6. The van der Waals surface area contributed by atoms with E-state index in [4.69, 9.17) is 17.3 Å². The molecular formula is C26H25ClN6O3S2. The number of hydrogen-bond acceptors (Lipinski definition) is 8. The fraction of sp³-hybridized carbons (Fsp3) is 0.192. The molecule has 1 aromatic carbocycles. The number of pyridine rings is 2. The molecule has 0 aliphatic heterocycles. The van der Waals surface area contributed by atoms with E-state index in [1.165, 1.54) is 12.4 Å². The lowest BCUT2D eigenvalue weighted by Crippen LogP contribution is -2.26. The minimum Gasteiger partial charge on any atom is -0.389 e. The number of nitrogens with zero attached hydrogens (tertiary/aromatic N) is 3. The van der Waals surface area contributed by atoms with Crippen molar-refractivity contribution in [3.63, 3.8) is 0 Å². The van der Waals surface area contributed by atoms with Crippen LogP contribution in [0.1, 0.15) is 41.5 Å². The summed E-state index contributed by atoms with van der Waals surface area (Å²) in [6.45, 7) is 1.86. The van der Waals surface area contributed by atoms with E-state index in [9.17, 15) is 13.5 Å². The highest BCUT2D eigenvalue weighted by molar-refractivity contribution is 7.89. The van der Waals surface area contributed by atoms with Gasteiger partial charge in [-0.3, -0.25) is 10.1 Å². The fourth-order valence-electron chi connectivity index (χ4n) is 4.25. The van der Waals surface area contributed by atoms with Gasteiger partial charge in [0.1, 0.15) is 10.7 Å². The van der Waals surface area contributed by atoms with Crippen molar-refractivity contribution >= 4 is 48.9 Å². The van der Waals surface area contributed by atoms with Crippen molar-refractivity contribution in [2.24, 2.45) is 0 Å². The summed E-state index contributed by atoms with van der Waals surface area (Å²) >= 11 is 8.14. The van der Waals surface area contributed by atoms with Gasteiger partial charge in [0.15, 0.2) is 0 Å². The predicted molar refractivity (Wildman–Crippen MR) is 150 cm³/mol. The van der Waals surface area contributed by atoms with E-state index in [0.29, 0.717) is 23.0 Å². The molecule has 0 bridgehead atoms. The number of hydrogen-bond donors (Lipinski definition) is 4. The first-order chi connectivity index (χ1) is 18.2. The van der Waals surface area contributed by atoms with Gasteiger partial charge in [-0.2, -0.15) is 5.10 Å². The van der Waals surface area contributed by atoms with Gasteiger partial charge in [-0.25, -0.2) is 18.1 Å². The van der Waals surface area contributed by atoms with Crippen molar-refractivity contribution in [1.29, 1.82) is 0 Å². The Kier molecular flexibility index (Phi) is 7.46. The van der Waals surface area contributed by atoms with Crippen LogP contribution < -0.4 is 10.5 Å². The van der Waals surface area contributed by atoms with Gasteiger partial charge in [0.2, 0.25) is 10.0 Å². The molecule has 0 saturated carbocycles. The van der Waals surface area contributed by atoms with Crippen LogP contribution in [0.4, 0.5) is 5.82 Å². The number of benzene rings is 1. The Balaban J connectivity index is 1.53. The van der Waals surface area contributed by atoms with Crippen LogP contribution >= 0.6 is 22.9 Å². The Morgan fingerprint density at radius 2 is 2.05 bits per heavy atom. The summed E-state index contributed by atoms with van der Waals surface area (Å²) < 4.78 is 28.9. The van der Waals surface area contributed by atoms with Crippen molar-refractivity contribution in [3.05, 3.63) is 88.3 Å². The summed E-state index contributed by atoms with van der Waals surface area (Å²) in [5, 5.41) is 17.7. The Labute approximate surface area is 228 Å². The number of H-pyrrole nitrogens is 1. The first kappa shape index (κ1) is 26.3. The molecule has 0 fully saturated rings. The van der Waals surface area contributed by atoms with Crippen molar-refractivity contribution in [2.75, 3.05) is 12.3 Å². The second kappa shape index (κ2) is 10.8. The maximum Gasteiger partial charge on any atom is 0.243 e. The summed E-state index contributed by atoms with van der Waals surface area (Å²) in [5.41, 5.74) is 9.06. The number of aliphatic hydroxyl groups excluding tert-OH is 1. The van der Waals surface area contributed by atoms with Crippen LogP contribution in [0.2, 0.25) is 5.02 Å². The van der Waals surface area contributed by atoms with E-state index in [2.05, 4.69) is 31.0 Å². The maximum absolute atomic E-state index is 12.6. The zero-order chi connectivity index (χ0) is 26.9. The molecule has 0 aliphatic carbocycles. The topological polar surface area (TPSA) is 147 Å². The van der Waals surface area contributed by atoms with E-state index < -0.39 is 16.1 Å². The summed E-state index contributed by atoms with van der Waals surface area (Å²) in [6, 6.07) is 15.1. The first-order valence-corrected chi connectivity index (χ1v) is 14.5. The third-order valence-electron chi connectivity index (χ3n) is 6.18. The van der Waals surface area contributed by atoms with E-state index in [1.54, 1.807) is 42.7 Å². The average Bonchev–Trinajstić information content (AvgIpc) is 3.59. The first-order valence-electron chi connectivity index (χ1n) is 11.8. The van der Waals surface area contributed by atoms with Crippen molar-refractivity contribution < 1.29 is 13.5 Å². The van der Waals surface area contributed by atoms with Crippen molar-refractivity contribution in [2.45, 2.75) is 30.3 Å². The fourth-order valence-corrected chi connectivity index (χ4v) is 6.76. The van der Waals surface area contributed by atoms with Gasteiger partial charge in [-0.1, -0.05) is 29.8 Å². The summed E-state index contributed by atoms with van der Waals surface area (Å²) in [5.74, 6) is 0.00868. The molecule has 0 saturated heterocycles. The zero-order valence-corrected chi connectivity index (χ0v) is 22.7. The van der Waals surface area contributed by atoms with Crippen LogP contribution in [0.5, 0.6) is 0 Å². The number of nitrogens with two attached hydrogens (primary N) is 1. The molecule has 0 amide bonds. The number of thiophene rings is 1. The lowest BCUT2D eigenvalue weighted by molar-refractivity contribution is 0.199. The van der Waals surface area contributed by atoms with Gasteiger partial charge in [0, 0.05) is 40.0 Å². The Bertz CT molecular complexity index is 1690. The number of sulfonamides is 1. The SMILES string of the molecule is CC(O)c1ccnc(-c2cccc3cc(C(CCNS(=O)(=O)c4cn[nH]c4)c4nc(N)ccc4Cl)sc23)c1. The number of aromatic nitrogens is 4. The molecule has 4 aromatic heterocycles. The molecule has 12 heteroatoms. The number of rotatable bonds is 9. The Hall–Kier alpha value is -3.35. The molecule has 5 aromatic rings. The monoisotopic (exact) mass is 568 g/mol. The van der Waals surface area contributed by atoms with Crippen LogP contribution in [0.3, 0.4) is 0 Å². The third-order valence-corrected chi connectivity index (χ3v) is 9.23. The van der Waals surface area contributed by atoms with E-state index >= 15 is 0 Å². The quantitative estimate of drug-likeness (QED) is 0.198. The van der Waals surface area contributed by atoms with Gasteiger partial charge >= 0.3 is 0 Å². The van der Waals surface area contributed by atoms with E-state index in [-0.39, 0.29) is 17.4 Å². The molecule has 2 atom stereocenters. The van der Waals surface area contributed by atoms with Crippen LogP contribution in [0, 0.1) is 0 Å². The van der Waals surface area contributed by atoms with Crippen LogP contribution in [-0.4, -0.2) is 40.2 Å². The number of aromatic amines is 1. The Morgan fingerprint density at radius 3 is 2.82 bits per heavy atom. The molecule has 0 aliphatic rings. The van der Waals surface area contributed by atoms with E-state index in [1.807, 2.05) is 24.3 Å². The summed E-state index contributed by atoms with van der Waals surface area (Å²) in [4.78, 5) is 10.1. The summed E-state index contributed by atoms with van der Waals surface area (Å²) in [7, 11) is -3.72. The molecule has 0 radical (unpaired) electrons. The molecule has 38 heavy (non-hydrogen) atoms. The highest BCUT2D eigenvalue weighted by Crippen LogP contribution is 2.41.